The summed E-state index contributed by atoms with van der Waals surface area (Å²) in [5, 5.41) is 3.18. The fourth-order valence-corrected chi connectivity index (χ4v) is 3.77. The summed E-state index contributed by atoms with van der Waals surface area (Å²) in [6, 6.07) is 7.19. The summed E-state index contributed by atoms with van der Waals surface area (Å²) in [5.74, 6) is 1.29. The van der Waals surface area contributed by atoms with E-state index in [0.29, 0.717) is 0 Å². The topological polar surface area (TPSA) is 35.8 Å². The first-order chi connectivity index (χ1) is 10.3. The van der Waals surface area contributed by atoms with Crippen LogP contribution in [-0.2, 0) is 6.54 Å². The fraction of sp³-hybridized carbons (Fsp3) is 0.562. The molecule has 1 N–H and O–H groups in total. The number of anilines is 1. The zero-order valence-electron chi connectivity index (χ0n) is 12.6. The highest BCUT2D eigenvalue weighted by molar-refractivity contribution is 5.53. The Morgan fingerprint density at radius 2 is 2.24 bits per heavy atom. The summed E-state index contributed by atoms with van der Waals surface area (Å²) in [6.07, 6.45) is 4.88. The second-order valence-corrected chi connectivity index (χ2v) is 6.15. The molecule has 2 aromatic heterocycles. The van der Waals surface area contributed by atoms with Gasteiger partial charge in [-0.25, -0.2) is 4.98 Å². The quantitative estimate of drug-likeness (QED) is 0.923. The van der Waals surface area contributed by atoms with Gasteiger partial charge in [0.05, 0.1) is 5.69 Å². The van der Waals surface area contributed by atoms with Crippen molar-refractivity contribution in [3.63, 3.8) is 0 Å². The Bertz CT molecular complexity index is 635. The minimum absolute atomic E-state index is 0.745. The molecule has 0 radical (unpaired) electrons. The van der Waals surface area contributed by atoms with Gasteiger partial charge in [0.25, 0.3) is 0 Å². The first-order valence-corrected chi connectivity index (χ1v) is 7.96. The Hall–Kier alpha value is -1.59. The Balaban J connectivity index is 1.66. The van der Waals surface area contributed by atoms with Crippen LogP contribution in [0.15, 0.2) is 24.4 Å². The predicted octanol–water partition coefficient (Wildman–Crippen LogP) is 1.34. The number of aromatic nitrogens is 2. The Labute approximate surface area is 125 Å². The summed E-state index contributed by atoms with van der Waals surface area (Å²) in [7, 11) is 1.96. The summed E-state index contributed by atoms with van der Waals surface area (Å²) in [5.41, 5.74) is 2.15. The van der Waals surface area contributed by atoms with E-state index in [0.717, 1.165) is 37.0 Å². The molecule has 4 heterocycles. The highest BCUT2D eigenvalue weighted by Crippen LogP contribution is 2.26. The van der Waals surface area contributed by atoms with Gasteiger partial charge in [0.15, 0.2) is 0 Å². The van der Waals surface area contributed by atoms with Crippen LogP contribution in [0.4, 0.5) is 5.82 Å². The minimum Gasteiger partial charge on any atom is -0.355 e. The Kier molecular flexibility index (Phi) is 3.31. The van der Waals surface area contributed by atoms with E-state index in [2.05, 4.69) is 48.9 Å². The maximum Gasteiger partial charge on any atom is 0.138 e. The van der Waals surface area contributed by atoms with E-state index < -0.39 is 0 Å². The second kappa shape index (κ2) is 5.31. The van der Waals surface area contributed by atoms with Gasteiger partial charge < -0.3 is 10.2 Å². The van der Waals surface area contributed by atoms with Crippen LogP contribution in [0.2, 0.25) is 0 Å². The first kappa shape index (κ1) is 13.1. The average molecular weight is 285 g/mol. The SMILES string of the molecule is CNCc1cn2c(N3CCN4CCCC4C3)cccc2n1. The van der Waals surface area contributed by atoms with Crippen LogP contribution >= 0.6 is 0 Å². The normalized spacial score (nSPS) is 22.9. The lowest BCUT2D eigenvalue weighted by Crippen LogP contribution is -2.50. The van der Waals surface area contributed by atoms with Crippen LogP contribution in [0.5, 0.6) is 0 Å². The van der Waals surface area contributed by atoms with Gasteiger partial charge in [-0.05, 0) is 38.6 Å². The maximum atomic E-state index is 4.69. The van der Waals surface area contributed by atoms with E-state index in [-0.39, 0.29) is 0 Å². The van der Waals surface area contributed by atoms with E-state index in [1.54, 1.807) is 0 Å². The molecule has 2 aliphatic rings. The summed E-state index contributed by atoms with van der Waals surface area (Å²) >= 11 is 0. The number of piperazine rings is 1. The zero-order valence-corrected chi connectivity index (χ0v) is 12.6. The number of imidazole rings is 1. The number of fused-ring (bicyclic) bond motifs is 2. The lowest BCUT2D eigenvalue weighted by molar-refractivity contribution is 0.230. The highest BCUT2D eigenvalue weighted by Gasteiger charge is 2.31. The van der Waals surface area contributed by atoms with Gasteiger partial charge in [0.1, 0.15) is 11.5 Å². The van der Waals surface area contributed by atoms with Crippen molar-refractivity contribution in [2.24, 2.45) is 0 Å². The smallest absolute Gasteiger partial charge is 0.138 e. The molecule has 112 valence electrons. The minimum atomic E-state index is 0.745. The Morgan fingerprint density at radius 1 is 1.29 bits per heavy atom. The largest absolute Gasteiger partial charge is 0.355 e. The third-order valence-electron chi connectivity index (χ3n) is 4.79. The number of rotatable bonds is 3. The van der Waals surface area contributed by atoms with Crippen molar-refractivity contribution in [2.75, 3.05) is 38.1 Å². The third-order valence-corrected chi connectivity index (χ3v) is 4.79. The number of hydrogen-bond acceptors (Lipinski definition) is 4. The van der Waals surface area contributed by atoms with Crippen molar-refractivity contribution < 1.29 is 0 Å². The van der Waals surface area contributed by atoms with Gasteiger partial charge in [-0.15, -0.1) is 0 Å². The van der Waals surface area contributed by atoms with Gasteiger partial charge in [0.2, 0.25) is 0 Å². The van der Waals surface area contributed by atoms with Gasteiger partial charge in [0, 0.05) is 38.4 Å². The number of hydrogen-bond donors (Lipinski definition) is 1. The molecule has 2 aliphatic heterocycles. The molecular formula is C16H23N5. The van der Waals surface area contributed by atoms with Gasteiger partial charge in [-0.3, -0.25) is 9.30 Å². The molecule has 0 aromatic carbocycles. The molecule has 1 atom stereocenters. The van der Waals surface area contributed by atoms with E-state index in [1.165, 1.54) is 31.7 Å². The average Bonchev–Trinajstić information content (AvgIpc) is 3.12. The molecule has 0 bridgehead atoms. The molecule has 4 rings (SSSR count). The lowest BCUT2D eigenvalue weighted by Gasteiger charge is -2.38. The van der Waals surface area contributed by atoms with Gasteiger partial charge in [-0.1, -0.05) is 6.07 Å². The van der Waals surface area contributed by atoms with Gasteiger partial charge in [-0.2, -0.15) is 0 Å². The van der Waals surface area contributed by atoms with Crippen LogP contribution in [0.3, 0.4) is 0 Å². The van der Waals surface area contributed by atoms with Crippen LogP contribution in [0.25, 0.3) is 5.65 Å². The first-order valence-electron chi connectivity index (χ1n) is 7.96. The van der Waals surface area contributed by atoms with Crippen LogP contribution < -0.4 is 10.2 Å². The van der Waals surface area contributed by atoms with Crippen molar-refractivity contribution in [3.8, 4) is 0 Å². The second-order valence-electron chi connectivity index (χ2n) is 6.15. The molecule has 0 saturated carbocycles. The highest BCUT2D eigenvalue weighted by atomic mass is 15.3. The number of nitrogens with zero attached hydrogens (tertiary/aromatic N) is 4. The Morgan fingerprint density at radius 3 is 3.14 bits per heavy atom. The van der Waals surface area contributed by atoms with E-state index in [4.69, 9.17) is 0 Å². The molecule has 0 spiro atoms. The number of pyridine rings is 1. The molecule has 2 saturated heterocycles. The summed E-state index contributed by atoms with van der Waals surface area (Å²) in [4.78, 5) is 9.87. The zero-order chi connectivity index (χ0) is 14.2. The molecule has 21 heavy (non-hydrogen) atoms. The number of nitrogens with one attached hydrogen (secondary N) is 1. The summed E-state index contributed by atoms with van der Waals surface area (Å²) in [6.45, 7) is 5.57. The monoisotopic (exact) mass is 285 g/mol. The van der Waals surface area contributed by atoms with E-state index in [1.807, 2.05) is 7.05 Å². The third kappa shape index (κ3) is 2.30. The van der Waals surface area contributed by atoms with Crippen LogP contribution in [-0.4, -0.2) is 53.6 Å². The van der Waals surface area contributed by atoms with Crippen molar-refractivity contribution in [3.05, 3.63) is 30.1 Å². The lowest BCUT2D eigenvalue weighted by atomic mass is 10.1. The van der Waals surface area contributed by atoms with E-state index in [9.17, 15) is 0 Å². The maximum absolute atomic E-state index is 4.69. The summed E-state index contributed by atoms with van der Waals surface area (Å²) < 4.78 is 2.25. The predicted molar refractivity (Wildman–Crippen MR) is 84.8 cm³/mol. The molecule has 2 aromatic rings. The molecule has 0 aliphatic carbocycles. The van der Waals surface area contributed by atoms with E-state index >= 15 is 0 Å². The van der Waals surface area contributed by atoms with Crippen LogP contribution in [0.1, 0.15) is 18.5 Å². The molecule has 0 amide bonds. The van der Waals surface area contributed by atoms with Crippen molar-refractivity contribution in [1.29, 1.82) is 0 Å². The van der Waals surface area contributed by atoms with Crippen molar-refractivity contribution in [1.82, 2.24) is 19.6 Å². The molecule has 1 unspecified atom stereocenters. The van der Waals surface area contributed by atoms with Crippen LogP contribution in [0, 0.1) is 0 Å². The molecule has 2 fully saturated rings. The molecule has 5 heteroatoms. The van der Waals surface area contributed by atoms with Crippen molar-refractivity contribution >= 4 is 11.5 Å². The fourth-order valence-electron chi connectivity index (χ4n) is 3.77. The molecule has 5 nitrogen and oxygen atoms in total. The van der Waals surface area contributed by atoms with Gasteiger partial charge >= 0.3 is 0 Å². The molecular weight excluding hydrogens is 262 g/mol. The van der Waals surface area contributed by atoms with Crippen molar-refractivity contribution in [2.45, 2.75) is 25.4 Å². The standard InChI is InChI=1S/C16H23N5/c1-17-10-13-11-21-15(18-13)5-2-6-16(21)20-9-8-19-7-3-4-14(19)12-20/h2,5-6,11,14,17H,3-4,7-10,12H2,1H3.